The van der Waals surface area contributed by atoms with Crippen molar-refractivity contribution < 1.29 is 9.53 Å². The van der Waals surface area contributed by atoms with Crippen molar-refractivity contribution in [2.45, 2.75) is 38.9 Å². The van der Waals surface area contributed by atoms with Crippen LogP contribution in [0.4, 0.5) is 0 Å². The fraction of sp³-hybridized carbons (Fsp3) is 0.400. The van der Waals surface area contributed by atoms with Gasteiger partial charge in [-0.15, -0.1) is 0 Å². The van der Waals surface area contributed by atoms with Crippen LogP contribution in [0.1, 0.15) is 42.6 Å². The van der Waals surface area contributed by atoms with E-state index in [1.54, 1.807) is 7.11 Å². The Morgan fingerprint density at radius 1 is 1.36 bits per heavy atom. The molecule has 132 valence electrons. The first kappa shape index (κ1) is 17.4. The minimum Gasteiger partial charge on any atom is -0.497 e. The molecule has 0 spiro atoms. The third kappa shape index (κ3) is 4.57. The summed E-state index contributed by atoms with van der Waals surface area (Å²) in [5.74, 6) is 0.863. The molecule has 0 bridgehead atoms. The number of methoxy groups -OCH3 is 1. The maximum Gasteiger partial charge on any atom is 0.217 e. The van der Waals surface area contributed by atoms with Gasteiger partial charge in [-0.2, -0.15) is 0 Å². The Morgan fingerprint density at radius 2 is 2.24 bits per heavy atom. The van der Waals surface area contributed by atoms with Crippen molar-refractivity contribution in [3.8, 4) is 5.75 Å². The van der Waals surface area contributed by atoms with Crippen molar-refractivity contribution in [1.29, 1.82) is 0 Å². The van der Waals surface area contributed by atoms with E-state index in [4.69, 9.17) is 4.74 Å². The van der Waals surface area contributed by atoms with E-state index in [-0.39, 0.29) is 5.91 Å². The maximum atomic E-state index is 11.1. The van der Waals surface area contributed by atoms with Crippen LogP contribution in [0.15, 0.2) is 42.6 Å². The third-order valence-corrected chi connectivity index (χ3v) is 4.63. The highest BCUT2D eigenvalue weighted by atomic mass is 16.5. The fourth-order valence-electron chi connectivity index (χ4n) is 3.41. The van der Waals surface area contributed by atoms with Crippen LogP contribution in [-0.4, -0.2) is 29.4 Å². The van der Waals surface area contributed by atoms with Gasteiger partial charge in [0.2, 0.25) is 5.91 Å². The number of ether oxygens (including phenoxy) is 1. The van der Waals surface area contributed by atoms with Gasteiger partial charge in [-0.3, -0.25) is 14.7 Å². The number of nitrogens with one attached hydrogen (secondary N) is 1. The molecule has 1 aliphatic heterocycles. The van der Waals surface area contributed by atoms with Gasteiger partial charge in [0.15, 0.2) is 0 Å². The van der Waals surface area contributed by atoms with Gasteiger partial charge in [0.1, 0.15) is 5.75 Å². The van der Waals surface area contributed by atoms with Crippen molar-refractivity contribution in [3.63, 3.8) is 0 Å². The number of pyridine rings is 1. The van der Waals surface area contributed by atoms with Gasteiger partial charge in [-0.25, -0.2) is 0 Å². The molecule has 1 aromatic heterocycles. The Labute approximate surface area is 149 Å². The van der Waals surface area contributed by atoms with E-state index in [1.165, 1.54) is 24.5 Å². The van der Waals surface area contributed by atoms with E-state index in [9.17, 15) is 4.79 Å². The van der Waals surface area contributed by atoms with E-state index in [0.29, 0.717) is 12.6 Å². The number of aromatic nitrogens is 1. The molecular formula is C20H25N3O2. The van der Waals surface area contributed by atoms with Gasteiger partial charge in [0.25, 0.3) is 0 Å². The summed E-state index contributed by atoms with van der Waals surface area (Å²) < 4.78 is 5.33. The van der Waals surface area contributed by atoms with Crippen LogP contribution in [0, 0.1) is 0 Å². The highest BCUT2D eigenvalue weighted by molar-refractivity contribution is 5.72. The zero-order valence-corrected chi connectivity index (χ0v) is 14.9. The molecule has 1 fully saturated rings. The lowest BCUT2D eigenvalue weighted by Crippen LogP contribution is -2.23. The lowest BCUT2D eigenvalue weighted by Gasteiger charge is -2.25. The molecule has 0 radical (unpaired) electrons. The third-order valence-electron chi connectivity index (χ3n) is 4.63. The number of hydrogen-bond donors (Lipinski definition) is 1. The molecule has 1 unspecified atom stereocenters. The van der Waals surface area contributed by atoms with Crippen LogP contribution in [0.3, 0.4) is 0 Å². The van der Waals surface area contributed by atoms with E-state index in [1.807, 2.05) is 18.3 Å². The second kappa shape index (κ2) is 8.12. The van der Waals surface area contributed by atoms with Crippen LogP contribution >= 0.6 is 0 Å². The first-order chi connectivity index (χ1) is 12.2. The molecule has 0 aliphatic carbocycles. The molecular weight excluding hydrogens is 314 g/mol. The second-order valence-electron chi connectivity index (χ2n) is 6.47. The van der Waals surface area contributed by atoms with E-state index in [0.717, 1.165) is 31.0 Å². The summed E-state index contributed by atoms with van der Waals surface area (Å²) in [5.41, 5.74) is 3.44. The predicted molar refractivity (Wildman–Crippen MR) is 97.1 cm³/mol. The molecule has 3 rings (SSSR count). The van der Waals surface area contributed by atoms with Crippen molar-refractivity contribution in [2.24, 2.45) is 0 Å². The van der Waals surface area contributed by atoms with E-state index in [2.05, 4.69) is 39.5 Å². The first-order valence-corrected chi connectivity index (χ1v) is 8.72. The largest absolute Gasteiger partial charge is 0.497 e. The molecule has 25 heavy (non-hydrogen) atoms. The number of amides is 1. The number of nitrogens with zero attached hydrogens (tertiary/aromatic N) is 2. The fourth-order valence-corrected chi connectivity index (χ4v) is 3.41. The monoisotopic (exact) mass is 339 g/mol. The van der Waals surface area contributed by atoms with Crippen LogP contribution < -0.4 is 10.1 Å². The number of hydrogen-bond acceptors (Lipinski definition) is 4. The van der Waals surface area contributed by atoms with Gasteiger partial charge in [-0.05, 0) is 54.8 Å². The highest BCUT2D eigenvalue weighted by Gasteiger charge is 2.26. The average molecular weight is 339 g/mol. The van der Waals surface area contributed by atoms with Crippen molar-refractivity contribution in [3.05, 3.63) is 59.4 Å². The van der Waals surface area contributed by atoms with Crippen molar-refractivity contribution in [2.75, 3.05) is 13.7 Å². The normalized spacial score (nSPS) is 17.4. The SMILES string of the molecule is COc1cccc(CN2CCCC2c2ccnc(CNC(C)=O)c2)c1. The molecule has 1 saturated heterocycles. The van der Waals surface area contributed by atoms with Crippen LogP contribution in [0.2, 0.25) is 0 Å². The average Bonchev–Trinajstić information content (AvgIpc) is 3.08. The minimum absolute atomic E-state index is 0.0345. The molecule has 2 heterocycles. The van der Waals surface area contributed by atoms with Gasteiger partial charge >= 0.3 is 0 Å². The molecule has 5 nitrogen and oxygen atoms in total. The molecule has 2 aromatic rings. The van der Waals surface area contributed by atoms with Crippen molar-refractivity contribution >= 4 is 5.91 Å². The van der Waals surface area contributed by atoms with Crippen LogP contribution in [0.25, 0.3) is 0 Å². The number of carbonyl (C=O) groups is 1. The summed E-state index contributed by atoms with van der Waals surface area (Å²) in [6.45, 7) is 4.00. The molecule has 1 atom stereocenters. The summed E-state index contributed by atoms with van der Waals surface area (Å²) in [5, 5.41) is 2.81. The highest BCUT2D eigenvalue weighted by Crippen LogP contribution is 2.33. The van der Waals surface area contributed by atoms with Crippen molar-refractivity contribution in [1.82, 2.24) is 15.2 Å². The zero-order valence-electron chi connectivity index (χ0n) is 14.9. The Morgan fingerprint density at radius 3 is 3.04 bits per heavy atom. The Balaban J connectivity index is 1.72. The summed E-state index contributed by atoms with van der Waals surface area (Å²) in [6, 6.07) is 12.9. The first-order valence-electron chi connectivity index (χ1n) is 8.72. The second-order valence-corrected chi connectivity index (χ2v) is 6.47. The molecule has 1 aromatic carbocycles. The van der Waals surface area contributed by atoms with Gasteiger partial charge < -0.3 is 10.1 Å². The molecule has 1 amide bonds. The van der Waals surface area contributed by atoms with E-state index < -0.39 is 0 Å². The zero-order chi connectivity index (χ0) is 17.6. The van der Waals surface area contributed by atoms with Crippen LogP contribution in [0.5, 0.6) is 5.75 Å². The Hall–Kier alpha value is -2.40. The summed E-state index contributed by atoms with van der Waals surface area (Å²) >= 11 is 0. The van der Waals surface area contributed by atoms with Gasteiger partial charge in [-0.1, -0.05) is 12.1 Å². The Bertz CT molecular complexity index is 732. The summed E-state index contributed by atoms with van der Waals surface area (Å²) in [4.78, 5) is 18.0. The number of carbonyl (C=O) groups excluding carboxylic acids is 1. The predicted octanol–water partition coefficient (Wildman–Crippen LogP) is 3.06. The standard InChI is InChI=1S/C20H25N3O2/c1-15(24)22-13-18-12-17(8-9-21-18)20-7-4-10-23(20)14-16-5-3-6-19(11-16)25-2/h3,5-6,8-9,11-12,20H,4,7,10,13-14H2,1-2H3,(H,22,24). The summed E-state index contributed by atoms with van der Waals surface area (Å²) in [6.07, 6.45) is 4.18. The Kier molecular flexibility index (Phi) is 5.66. The molecule has 0 saturated carbocycles. The topological polar surface area (TPSA) is 54.5 Å². The maximum absolute atomic E-state index is 11.1. The number of benzene rings is 1. The number of rotatable bonds is 6. The lowest BCUT2D eigenvalue weighted by molar-refractivity contribution is -0.119. The molecule has 1 aliphatic rings. The van der Waals surface area contributed by atoms with Gasteiger partial charge in [0.05, 0.1) is 19.3 Å². The minimum atomic E-state index is -0.0345. The lowest BCUT2D eigenvalue weighted by atomic mass is 10.0. The molecule has 1 N–H and O–H groups in total. The van der Waals surface area contributed by atoms with E-state index >= 15 is 0 Å². The smallest absolute Gasteiger partial charge is 0.217 e. The number of likely N-dealkylation sites (tertiary alicyclic amines) is 1. The quantitative estimate of drug-likeness (QED) is 0.879. The summed E-state index contributed by atoms with van der Waals surface area (Å²) in [7, 11) is 1.70. The van der Waals surface area contributed by atoms with Gasteiger partial charge in [0, 0.05) is 25.7 Å². The van der Waals surface area contributed by atoms with Crippen LogP contribution in [-0.2, 0) is 17.9 Å². The molecule has 5 heteroatoms.